The zero-order valence-corrected chi connectivity index (χ0v) is 12.3. The van der Waals surface area contributed by atoms with Gasteiger partial charge in [0, 0.05) is 0 Å². The molecule has 1 aliphatic rings. The summed E-state index contributed by atoms with van der Waals surface area (Å²) in [6, 6.07) is 4.90. The van der Waals surface area contributed by atoms with E-state index in [1.54, 1.807) is 18.2 Å². The van der Waals surface area contributed by atoms with Crippen molar-refractivity contribution in [1.29, 1.82) is 0 Å². The number of hydrogen-bond acceptors (Lipinski definition) is 3. The summed E-state index contributed by atoms with van der Waals surface area (Å²) in [5.41, 5.74) is 0.231. The first-order chi connectivity index (χ1) is 8.50. The van der Waals surface area contributed by atoms with Crippen LogP contribution in [0.1, 0.15) is 32.1 Å². The Bertz CT molecular complexity index is 524. The molecule has 0 aromatic heterocycles. The SMILES string of the molecule is O=S(=O)(Nc1cccc(Br)c1O)C1CCCCC1. The Morgan fingerprint density at radius 1 is 1.22 bits per heavy atom. The molecule has 0 unspecified atom stereocenters. The minimum Gasteiger partial charge on any atom is -0.505 e. The fraction of sp³-hybridized carbons (Fsp3) is 0.500. The van der Waals surface area contributed by atoms with E-state index in [0.717, 1.165) is 19.3 Å². The van der Waals surface area contributed by atoms with Crippen LogP contribution in [-0.2, 0) is 10.0 Å². The monoisotopic (exact) mass is 333 g/mol. The highest BCUT2D eigenvalue weighted by Crippen LogP contribution is 2.33. The van der Waals surface area contributed by atoms with Gasteiger partial charge in [-0.2, -0.15) is 0 Å². The van der Waals surface area contributed by atoms with Gasteiger partial charge in [0.15, 0.2) is 5.75 Å². The number of aromatic hydroxyl groups is 1. The highest BCUT2D eigenvalue weighted by atomic mass is 79.9. The van der Waals surface area contributed by atoms with Crippen LogP contribution in [0.4, 0.5) is 5.69 Å². The summed E-state index contributed by atoms with van der Waals surface area (Å²) >= 11 is 3.16. The van der Waals surface area contributed by atoms with Gasteiger partial charge in [-0.25, -0.2) is 8.42 Å². The van der Waals surface area contributed by atoms with E-state index < -0.39 is 10.0 Å². The lowest BCUT2D eigenvalue weighted by atomic mass is 10.0. The first kappa shape index (κ1) is 13.7. The summed E-state index contributed by atoms with van der Waals surface area (Å²) in [6.07, 6.45) is 4.41. The fourth-order valence-corrected chi connectivity index (χ4v) is 4.17. The second-order valence-electron chi connectivity index (χ2n) is 4.54. The van der Waals surface area contributed by atoms with E-state index in [1.807, 2.05) is 0 Å². The average molecular weight is 334 g/mol. The maximum atomic E-state index is 12.2. The topological polar surface area (TPSA) is 66.4 Å². The van der Waals surface area contributed by atoms with Gasteiger partial charge in [0.25, 0.3) is 0 Å². The molecule has 0 spiro atoms. The average Bonchev–Trinajstić information content (AvgIpc) is 2.36. The van der Waals surface area contributed by atoms with Crippen molar-refractivity contribution in [1.82, 2.24) is 0 Å². The van der Waals surface area contributed by atoms with Crippen LogP contribution in [-0.4, -0.2) is 18.8 Å². The fourth-order valence-electron chi connectivity index (χ4n) is 2.21. The summed E-state index contributed by atoms with van der Waals surface area (Å²) in [5, 5.41) is 9.44. The molecule has 2 rings (SSSR count). The van der Waals surface area contributed by atoms with Crippen molar-refractivity contribution < 1.29 is 13.5 Å². The van der Waals surface area contributed by atoms with Crippen molar-refractivity contribution in [3.63, 3.8) is 0 Å². The molecule has 1 aromatic rings. The Morgan fingerprint density at radius 2 is 1.89 bits per heavy atom. The molecule has 0 saturated heterocycles. The molecule has 0 aliphatic heterocycles. The molecule has 4 nitrogen and oxygen atoms in total. The van der Waals surface area contributed by atoms with Gasteiger partial charge in [-0.3, -0.25) is 4.72 Å². The van der Waals surface area contributed by atoms with Crippen molar-refractivity contribution in [2.24, 2.45) is 0 Å². The summed E-state index contributed by atoms with van der Waals surface area (Å²) in [7, 11) is -3.41. The molecule has 0 radical (unpaired) electrons. The highest BCUT2D eigenvalue weighted by Gasteiger charge is 2.27. The number of benzene rings is 1. The smallest absolute Gasteiger partial charge is 0.235 e. The van der Waals surface area contributed by atoms with Crippen molar-refractivity contribution in [3.8, 4) is 5.75 Å². The number of rotatable bonds is 3. The zero-order valence-electron chi connectivity index (χ0n) is 9.89. The summed E-state index contributed by atoms with van der Waals surface area (Å²) in [6.45, 7) is 0. The van der Waals surface area contributed by atoms with Gasteiger partial charge < -0.3 is 5.11 Å². The predicted molar refractivity (Wildman–Crippen MR) is 75.2 cm³/mol. The Kier molecular flexibility index (Phi) is 4.17. The van der Waals surface area contributed by atoms with Gasteiger partial charge >= 0.3 is 0 Å². The normalized spacial score (nSPS) is 17.6. The molecule has 100 valence electrons. The van der Waals surface area contributed by atoms with Crippen molar-refractivity contribution in [2.45, 2.75) is 37.4 Å². The maximum absolute atomic E-state index is 12.2. The van der Waals surface area contributed by atoms with Crippen LogP contribution in [0, 0.1) is 0 Å². The van der Waals surface area contributed by atoms with Gasteiger partial charge in [0.05, 0.1) is 15.4 Å². The first-order valence-corrected chi connectivity index (χ1v) is 8.34. The second kappa shape index (κ2) is 5.48. The molecule has 1 saturated carbocycles. The van der Waals surface area contributed by atoms with Gasteiger partial charge in [-0.15, -0.1) is 0 Å². The van der Waals surface area contributed by atoms with Crippen LogP contribution in [0.5, 0.6) is 5.75 Å². The Hall–Kier alpha value is -0.750. The lowest BCUT2D eigenvalue weighted by Crippen LogP contribution is -2.29. The van der Waals surface area contributed by atoms with Gasteiger partial charge in [-0.1, -0.05) is 25.3 Å². The second-order valence-corrected chi connectivity index (χ2v) is 7.36. The van der Waals surface area contributed by atoms with Crippen LogP contribution < -0.4 is 4.72 Å². The molecular formula is C12H16BrNO3S. The molecule has 2 N–H and O–H groups in total. The number of anilines is 1. The van der Waals surface area contributed by atoms with E-state index >= 15 is 0 Å². The lowest BCUT2D eigenvalue weighted by molar-refractivity contribution is 0.472. The van der Waals surface area contributed by atoms with E-state index in [4.69, 9.17) is 0 Å². The molecule has 18 heavy (non-hydrogen) atoms. The van der Waals surface area contributed by atoms with E-state index in [0.29, 0.717) is 17.3 Å². The Labute approximate surface area is 116 Å². The number of hydrogen-bond donors (Lipinski definition) is 2. The molecule has 0 atom stereocenters. The van der Waals surface area contributed by atoms with Crippen LogP contribution in [0.3, 0.4) is 0 Å². The minimum atomic E-state index is -3.41. The Morgan fingerprint density at radius 3 is 2.56 bits per heavy atom. The van der Waals surface area contributed by atoms with E-state index in [-0.39, 0.29) is 16.7 Å². The Balaban J connectivity index is 2.19. The molecule has 1 aliphatic carbocycles. The van der Waals surface area contributed by atoms with E-state index in [2.05, 4.69) is 20.7 Å². The molecular weight excluding hydrogens is 318 g/mol. The molecule has 1 aromatic carbocycles. The first-order valence-electron chi connectivity index (χ1n) is 6.00. The van der Waals surface area contributed by atoms with Crippen LogP contribution in [0.15, 0.2) is 22.7 Å². The lowest BCUT2D eigenvalue weighted by Gasteiger charge is -2.22. The van der Waals surface area contributed by atoms with Gasteiger partial charge in [-0.05, 0) is 40.9 Å². The molecule has 0 bridgehead atoms. The molecule has 6 heteroatoms. The van der Waals surface area contributed by atoms with Gasteiger partial charge in [0.2, 0.25) is 10.0 Å². The number of sulfonamides is 1. The van der Waals surface area contributed by atoms with Crippen LogP contribution in [0.25, 0.3) is 0 Å². The highest BCUT2D eigenvalue weighted by molar-refractivity contribution is 9.10. The predicted octanol–water partition coefficient (Wildman–Crippen LogP) is 3.23. The molecule has 1 fully saturated rings. The molecule has 0 heterocycles. The van der Waals surface area contributed by atoms with E-state index in [9.17, 15) is 13.5 Å². The minimum absolute atomic E-state index is 0.0723. The van der Waals surface area contributed by atoms with Crippen LogP contribution >= 0.6 is 15.9 Å². The standard InChI is InChI=1S/C12H16BrNO3S/c13-10-7-4-8-11(12(10)15)14-18(16,17)9-5-2-1-3-6-9/h4,7-9,14-15H,1-3,5-6H2. The number of para-hydroxylation sites is 1. The maximum Gasteiger partial charge on any atom is 0.235 e. The van der Waals surface area contributed by atoms with Gasteiger partial charge in [0.1, 0.15) is 0 Å². The van der Waals surface area contributed by atoms with Crippen molar-refractivity contribution >= 4 is 31.6 Å². The summed E-state index contributed by atoms with van der Waals surface area (Å²) in [4.78, 5) is 0. The third-order valence-electron chi connectivity index (χ3n) is 3.23. The number of nitrogens with one attached hydrogen (secondary N) is 1. The summed E-state index contributed by atoms with van der Waals surface area (Å²) in [5.74, 6) is -0.0723. The van der Waals surface area contributed by atoms with Crippen LogP contribution in [0.2, 0.25) is 0 Å². The van der Waals surface area contributed by atoms with E-state index in [1.165, 1.54) is 0 Å². The number of halogens is 1. The third-order valence-corrected chi connectivity index (χ3v) is 5.72. The zero-order chi connectivity index (χ0) is 13.2. The summed E-state index contributed by atoms with van der Waals surface area (Å²) < 4.78 is 27.3. The largest absolute Gasteiger partial charge is 0.505 e. The van der Waals surface area contributed by atoms with Crippen molar-refractivity contribution in [3.05, 3.63) is 22.7 Å². The quantitative estimate of drug-likeness (QED) is 0.834. The number of phenolic OH excluding ortho intramolecular Hbond substituents is 1. The van der Waals surface area contributed by atoms with Crippen molar-refractivity contribution in [2.75, 3.05) is 4.72 Å². The number of phenols is 1. The molecule has 0 amide bonds. The third kappa shape index (κ3) is 2.98.